The normalized spacial score (nSPS) is 13.4. The summed E-state index contributed by atoms with van der Waals surface area (Å²) in [6.07, 6.45) is -1.94. The molecule has 1 atom stereocenters. The summed E-state index contributed by atoms with van der Waals surface area (Å²) in [6.45, 7) is 0.690. The van der Waals surface area contributed by atoms with Gasteiger partial charge in [-0.25, -0.2) is 0 Å². The molecule has 5 nitrogen and oxygen atoms in total. The van der Waals surface area contributed by atoms with E-state index in [9.17, 15) is 18.0 Å². The second-order valence-electron chi connectivity index (χ2n) is 3.90. The monoisotopic (exact) mass is 264 g/mol. The topological polar surface area (TPSA) is 72.9 Å². The quantitative estimate of drug-likeness (QED) is 0.846. The van der Waals surface area contributed by atoms with Crippen molar-refractivity contribution in [2.24, 2.45) is 5.73 Å². The van der Waals surface area contributed by atoms with Crippen molar-refractivity contribution < 1.29 is 18.0 Å². The second kappa shape index (κ2) is 5.85. The van der Waals surface area contributed by atoms with Crippen LogP contribution in [-0.4, -0.2) is 27.9 Å². The van der Waals surface area contributed by atoms with Crippen molar-refractivity contribution in [2.75, 3.05) is 5.32 Å². The van der Waals surface area contributed by atoms with Gasteiger partial charge in [0.2, 0.25) is 5.91 Å². The van der Waals surface area contributed by atoms with Crippen LogP contribution < -0.4 is 11.1 Å². The maximum absolute atomic E-state index is 12.1. The molecular weight excluding hydrogens is 249 g/mol. The van der Waals surface area contributed by atoms with E-state index in [2.05, 4.69) is 10.4 Å². The number of nitrogens with two attached hydrogens (primary N) is 1. The number of alkyl halides is 3. The minimum atomic E-state index is -4.34. The molecule has 0 aliphatic heterocycles. The van der Waals surface area contributed by atoms with Gasteiger partial charge < -0.3 is 11.1 Å². The van der Waals surface area contributed by atoms with Crippen molar-refractivity contribution in [2.45, 2.75) is 38.5 Å². The van der Waals surface area contributed by atoms with E-state index in [0.717, 1.165) is 12.6 Å². The third-order valence-electron chi connectivity index (χ3n) is 2.17. The van der Waals surface area contributed by atoms with Crippen LogP contribution in [0.25, 0.3) is 0 Å². The Kier molecular flexibility index (Phi) is 4.71. The maximum atomic E-state index is 12.1. The van der Waals surface area contributed by atoms with E-state index in [1.165, 1.54) is 6.07 Å². The first-order valence-corrected chi connectivity index (χ1v) is 5.48. The first-order chi connectivity index (χ1) is 8.31. The molecule has 0 radical (unpaired) electrons. The molecule has 3 N–H and O–H groups in total. The standard InChI is InChI=1S/C10H15F3N4O/c1-2-3-7(14)9(18)15-8-4-5-17(16-8)6-10(11,12)13/h4-5,7H,2-3,6,14H2,1H3,(H,15,16,18). The number of anilines is 1. The Morgan fingerprint density at radius 2 is 2.28 bits per heavy atom. The number of hydrogen-bond donors (Lipinski definition) is 2. The molecule has 1 aromatic rings. The SMILES string of the molecule is CCCC(N)C(=O)Nc1ccn(CC(F)(F)F)n1. The summed E-state index contributed by atoms with van der Waals surface area (Å²) >= 11 is 0. The van der Waals surface area contributed by atoms with Gasteiger partial charge in [0.1, 0.15) is 6.54 Å². The highest BCUT2D eigenvalue weighted by atomic mass is 19.4. The molecule has 1 rings (SSSR count). The van der Waals surface area contributed by atoms with Gasteiger partial charge in [0.15, 0.2) is 5.82 Å². The van der Waals surface area contributed by atoms with Gasteiger partial charge in [-0.3, -0.25) is 9.48 Å². The van der Waals surface area contributed by atoms with Crippen molar-refractivity contribution in [3.8, 4) is 0 Å². The lowest BCUT2D eigenvalue weighted by Gasteiger charge is -2.09. The van der Waals surface area contributed by atoms with E-state index in [0.29, 0.717) is 11.1 Å². The van der Waals surface area contributed by atoms with Gasteiger partial charge in [-0.2, -0.15) is 18.3 Å². The highest BCUT2D eigenvalue weighted by Gasteiger charge is 2.28. The highest BCUT2D eigenvalue weighted by Crippen LogP contribution is 2.17. The average molecular weight is 264 g/mol. The minimum Gasteiger partial charge on any atom is -0.320 e. The molecule has 0 fully saturated rings. The first-order valence-electron chi connectivity index (χ1n) is 5.48. The maximum Gasteiger partial charge on any atom is 0.408 e. The van der Waals surface area contributed by atoms with E-state index < -0.39 is 24.7 Å². The lowest BCUT2D eigenvalue weighted by atomic mass is 10.2. The van der Waals surface area contributed by atoms with Crippen LogP contribution in [-0.2, 0) is 11.3 Å². The molecule has 1 unspecified atom stereocenters. The smallest absolute Gasteiger partial charge is 0.320 e. The Balaban J connectivity index is 2.56. The van der Waals surface area contributed by atoms with E-state index >= 15 is 0 Å². The van der Waals surface area contributed by atoms with Crippen LogP contribution in [0.4, 0.5) is 19.0 Å². The zero-order valence-electron chi connectivity index (χ0n) is 9.87. The van der Waals surface area contributed by atoms with E-state index in [1.54, 1.807) is 0 Å². The van der Waals surface area contributed by atoms with E-state index in [-0.39, 0.29) is 5.82 Å². The fourth-order valence-corrected chi connectivity index (χ4v) is 1.36. The number of halogens is 3. The largest absolute Gasteiger partial charge is 0.408 e. The van der Waals surface area contributed by atoms with Crippen LogP contribution >= 0.6 is 0 Å². The third kappa shape index (κ3) is 4.74. The summed E-state index contributed by atoms with van der Waals surface area (Å²) in [6, 6.07) is 0.616. The molecule has 1 aromatic heterocycles. The Hall–Kier alpha value is -1.57. The molecule has 0 aliphatic carbocycles. The number of nitrogens with one attached hydrogen (secondary N) is 1. The van der Waals surface area contributed by atoms with Crippen LogP contribution in [0.2, 0.25) is 0 Å². The molecule has 0 saturated carbocycles. The third-order valence-corrected chi connectivity index (χ3v) is 2.17. The van der Waals surface area contributed by atoms with Gasteiger partial charge in [-0.05, 0) is 6.42 Å². The molecule has 1 heterocycles. The van der Waals surface area contributed by atoms with Gasteiger partial charge in [-0.15, -0.1) is 0 Å². The lowest BCUT2D eigenvalue weighted by Crippen LogP contribution is -2.35. The second-order valence-corrected chi connectivity index (χ2v) is 3.90. The molecule has 18 heavy (non-hydrogen) atoms. The molecule has 1 amide bonds. The molecule has 0 aliphatic rings. The predicted molar refractivity (Wildman–Crippen MR) is 59.8 cm³/mol. The molecular formula is C10H15F3N4O. The zero-order valence-corrected chi connectivity index (χ0v) is 9.87. The summed E-state index contributed by atoms with van der Waals surface area (Å²) in [5.74, 6) is -0.384. The number of hydrogen-bond acceptors (Lipinski definition) is 3. The van der Waals surface area contributed by atoms with Gasteiger partial charge in [0, 0.05) is 12.3 Å². The van der Waals surface area contributed by atoms with Crippen molar-refractivity contribution in [3.63, 3.8) is 0 Å². The zero-order chi connectivity index (χ0) is 13.8. The van der Waals surface area contributed by atoms with Crippen LogP contribution in [0.1, 0.15) is 19.8 Å². The van der Waals surface area contributed by atoms with Crippen LogP contribution in [0.3, 0.4) is 0 Å². The van der Waals surface area contributed by atoms with Crippen molar-refractivity contribution in [3.05, 3.63) is 12.3 Å². The van der Waals surface area contributed by atoms with Gasteiger partial charge in [0.05, 0.1) is 6.04 Å². The number of aromatic nitrogens is 2. The average Bonchev–Trinajstić information content (AvgIpc) is 2.63. The Bertz CT molecular complexity index is 402. The number of amides is 1. The molecule has 102 valence electrons. The van der Waals surface area contributed by atoms with Gasteiger partial charge in [0.25, 0.3) is 0 Å². The Morgan fingerprint density at radius 3 is 2.83 bits per heavy atom. The summed E-state index contributed by atoms with van der Waals surface area (Å²) < 4.78 is 36.9. The molecule has 8 heteroatoms. The molecule has 0 saturated heterocycles. The number of carbonyl (C=O) groups excluding carboxylic acids is 1. The fraction of sp³-hybridized carbons (Fsp3) is 0.600. The summed E-state index contributed by atoms with van der Waals surface area (Å²) in [7, 11) is 0. The van der Waals surface area contributed by atoms with E-state index in [4.69, 9.17) is 5.73 Å². The number of carbonyl (C=O) groups is 1. The van der Waals surface area contributed by atoms with Crippen molar-refractivity contribution >= 4 is 11.7 Å². The molecule has 0 bridgehead atoms. The number of rotatable bonds is 5. The Morgan fingerprint density at radius 1 is 1.61 bits per heavy atom. The van der Waals surface area contributed by atoms with E-state index in [1.807, 2.05) is 6.92 Å². The predicted octanol–water partition coefficient (Wildman–Crippen LogP) is 1.51. The van der Waals surface area contributed by atoms with Crippen LogP contribution in [0, 0.1) is 0 Å². The Labute approximate surface area is 102 Å². The fourth-order valence-electron chi connectivity index (χ4n) is 1.36. The van der Waals surface area contributed by atoms with Gasteiger partial charge in [-0.1, -0.05) is 13.3 Å². The summed E-state index contributed by atoms with van der Waals surface area (Å²) in [4.78, 5) is 11.5. The van der Waals surface area contributed by atoms with Crippen molar-refractivity contribution in [1.29, 1.82) is 0 Å². The van der Waals surface area contributed by atoms with Crippen LogP contribution in [0.15, 0.2) is 12.3 Å². The summed E-state index contributed by atoms with van der Waals surface area (Å²) in [5.41, 5.74) is 5.56. The van der Waals surface area contributed by atoms with Gasteiger partial charge >= 0.3 is 6.18 Å². The molecule has 0 spiro atoms. The van der Waals surface area contributed by atoms with Crippen LogP contribution in [0.5, 0.6) is 0 Å². The number of nitrogens with zero attached hydrogens (tertiary/aromatic N) is 2. The molecule has 0 aromatic carbocycles. The first kappa shape index (κ1) is 14.5. The van der Waals surface area contributed by atoms with Crippen molar-refractivity contribution in [1.82, 2.24) is 9.78 Å². The minimum absolute atomic E-state index is 0.0656. The lowest BCUT2D eigenvalue weighted by molar-refractivity contribution is -0.142. The highest BCUT2D eigenvalue weighted by molar-refractivity contribution is 5.93. The summed E-state index contributed by atoms with van der Waals surface area (Å²) in [5, 5.41) is 5.96.